The summed E-state index contributed by atoms with van der Waals surface area (Å²) in [5.41, 5.74) is 2.50. The third-order valence-corrected chi connectivity index (χ3v) is 11.0. The third-order valence-electron chi connectivity index (χ3n) is 6.13. The molecule has 12 heteroatoms. The second-order valence-corrected chi connectivity index (χ2v) is 13.9. The van der Waals surface area contributed by atoms with Crippen molar-refractivity contribution in [3.05, 3.63) is 69.3 Å². The lowest BCUT2D eigenvalue weighted by Crippen LogP contribution is -2.44. The average Bonchev–Trinajstić information content (AvgIpc) is 3.50. The van der Waals surface area contributed by atoms with Crippen LogP contribution in [0.15, 0.2) is 52.9 Å². The van der Waals surface area contributed by atoms with Gasteiger partial charge in [-0.1, -0.05) is 40.6 Å². The van der Waals surface area contributed by atoms with E-state index in [9.17, 15) is 13.2 Å². The van der Waals surface area contributed by atoms with Gasteiger partial charge in [-0.3, -0.25) is 14.7 Å². The minimum atomic E-state index is -3.63. The van der Waals surface area contributed by atoms with Crippen LogP contribution in [0.25, 0.3) is 10.2 Å². The number of benzene rings is 1. The molecule has 1 fully saturated rings. The summed E-state index contributed by atoms with van der Waals surface area (Å²) in [7, 11) is -3.63. The molecule has 0 saturated carbocycles. The number of thiazole rings is 1. The van der Waals surface area contributed by atoms with Crippen LogP contribution in [0.2, 0.25) is 9.36 Å². The molecule has 0 radical (unpaired) electrons. The number of pyridine rings is 1. The van der Waals surface area contributed by atoms with Gasteiger partial charge >= 0.3 is 0 Å². The molecule has 0 bridgehead atoms. The number of rotatable bonds is 6. The van der Waals surface area contributed by atoms with Crippen LogP contribution in [0.3, 0.4) is 0 Å². The van der Waals surface area contributed by atoms with Crippen molar-refractivity contribution in [1.82, 2.24) is 14.3 Å². The van der Waals surface area contributed by atoms with Crippen molar-refractivity contribution in [3.63, 3.8) is 0 Å². The summed E-state index contributed by atoms with van der Waals surface area (Å²) in [6, 6.07) is 12.4. The SMILES string of the molecule is Cc1cc(Cl)cc2sc(N(Cc3ccccn3)C(=O)C3CCN(S(=O)(=O)c4ccc(Cl)s4)CC3)nc12. The fraction of sp³-hybridized carbons (Fsp3) is 0.292. The molecule has 188 valence electrons. The first-order chi connectivity index (χ1) is 17.2. The van der Waals surface area contributed by atoms with Crippen LogP contribution in [-0.4, -0.2) is 41.7 Å². The van der Waals surface area contributed by atoms with Gasteiger partial charge in [0.1, 0.15) is 4.21 Å². The lowest BCUT2D eigenvalue weighted by atomic mass is 9.96. The molecule has 0 atom stereocenters. The van der Waals surface area contributed by atoms with Crippen LogP contribution in [-0.2, 0) is 21.4 Å². The number of sulfonamides is 1. The lowest BCUT2D eigenvalue weighted by molar-refractivity contribution is -0.123. The Morgan fingerprint density at radius 3 is 2.58 bits per heavy atom. The molecule has 4 heterocycles. The average molecular weight is 582 g/mol. The summed E-state index contributed by atoms with van der Waals surface area (Å²) in [5.74, 6) is -0.413. The van der Waals surface area contributed by atoms with Crippen molar-refractivity contribution in [2.24, 2.45) is 5.92 Å². The molecule has 0 spiro atoms. The van der Waals surface area contributed by atoms with Crippen molar-refractivity contribution in [3.8, 4) is 0 Å². The maximum Gasteiger partial charge on any atom is 0.252 e. The van der Waals surface area contributed by atoms with Crippen molar-refractivity contribution < 1.29 is 13.2 Å². The van der Waals surface area contributed by atoms with Gasteiger partial charge in [0.2, 0.25) is 5.91 Å². The molecule has 36 heavy (non-hydrogen) atoms. The van der Waals surface area contributed by atoms with Crippen LogP contribution < -0.4 is 4.90 Å². The highest BCUT2D eigenvalue weighted by molar-refractivity contribution is 7.91. The summed E-state index contributed by atoms with van der Waals surface area (Å²) in [6.07, 6.45) is 2.54. The van der Waals surface area contributed by atoms with E-state index in [0.29, 0.717) is 27.3 Å². The summed E-state index contributed by atoms with van der Waals surface area (Å²) in [6.45, 7) is 2.75. The standard InChI is InChI=1S/C24H22Cl2N4O3S3/c1-15-12-17(25)13-19-22(15)28-24(34-19)30(14-18-4-2-3-9-27-18)23(31)16-7-10-29(11-8-16)36(32,33)21-6-5-20(26)35-21/h2-6,9,12-13,16H,7-8,10-11,14H2,1H3. The summed E-state index contributed by atoms with van der Waals surface area (Å²) in [5, 5.41) is 1.20. The third kappa shape index (κ3) is 5.16. The van der Waals surface area contributed by atoms with E-state index < -0.39 is 10.0 Å². The highest BCUT2D eigenvalue weighted by atomic mass is 35.5. The number of hydrogen-bond donors (Lipinski definition) is 0. The topological polar surface area (TPSA) is 83.5 Å². The maximum atomic E-state index is 13.8. The predicted molar refractivity (Wildman–Crippen MR) is 146 cm³/mol. The highest BCUT2D eigenvalue weighted by Crippen LogP contribution is 2.36. The second kappa shape index (κ2) is 10.4. The van der Waals surface area contributed by atoms with Crippen molar-refractivity contribution in [2.45, 2.75) is 30.5 Å². The van der Waals surface area contributed by atoms with Crippen LogP contribution in [0, 0.1) is 12.8 Å². The largest absolute Gasteiger partial charge is 0.282 e. The lowest BCUT2D eigenvalue weighted by Gasteiger charge is -2.32. The molecule has 4 aromatic rings. The Morgan fingerprint density at radius 1 is 1.14 bits per heavy atom. The fourth-order valence-corrected chi connectivity index (χ4v) is 8.81. The van der Waals surface area contributed by atoms with E-state index >= 15 is 0 Å². The number of carbonyl (C=O) groups is 1. The highest BCUT2D eigenvalue weighted by Gasteiger charge is 2.35. The Kier molecular flexibility index (Phi) is 7.35. The number of halogens is 2. The molecule has 1 aliphatic rings. The number of carbonyl (C=O) groups excluding carboxylic acids is 1. The first kappa shape index (κ1) is 25.6. The molecular formula is C24H22Cl2N4O3S3. The number of aryl methyl sites for hydroxylation is 1. The summed E-state index contributed by atoms with van der Waals surface area (Å²) in [4.78, 5) is 24.7. The summed E-state index contributed by atoms with van der Waals surface area (Å²) >= 11 is 14.7. The van der Waals surface area contributed by atoms with Crippen molar-refractivity contribution >= 4 is 77.2 Å². The number of anilines is 1. The zero-order chi connectivity index (χ0) is 25.4. The molecule has 3 aromatic heterocycles. The molecule has 7 nitrogen and oxygen atoms in total. The second-order valence-electron chi connectivity index (χ2n) is 8.55. The number of nitrogens with zero attached hydrogens (tertiary/aromatic N) is 4. The molecule has 0 aliphatic carbocycles. The number of hydrogen-bond acceptors (Lipinski definition) is 7. The first-order valence-corrected chi connectivity index (χ1v) is 15.1. The van der Waals surface area contributed by atoms with E-state index in [4.69, 9.17) is 28.2 Å². The van der Waals surface area contributed by atoms with E-state index in [1.54, 1.807) is 17.2 Å². The van der Waals surface area contributed by atoms with E-state index in [1.165, 1.54) is 21.7 Å². The molecule has 0 unspecified atom stereocenters. The maximum absolute atomic E-state index is 13.8. The number of piperidine rings is 1. The number of amides is 1. The monoisotopic (exact) mass is 580 g/mol. The van der Waals surface area contributed by atoms with Gasteiger partial charge in [-0.05, 0) is 61.7 Å². The Hall–Kier alpha value is -2.08. The summed E-state index contributed by atoms with van der Waals surface area (Å²) < 4.78 is 29.0. The van der Waals surface area contributed by atoms with Gasteiger partial charge in [-0.25, -0.2) is 13.4 Å². The quantitative estimate of drug-likeness (QED) is 0.279. The fourth-order valence-electron chi connectivity index (χ4n) is 4.28. The Bertz CT molecular complexity index is 1510. The van der Waals surface area contributed by atoms with Gasteiger partial charge in [0, 0.05) is 30.2 Å². The van der Waals surface area contributed by atoms with E-state index in [-0.39, 0.29) is 35.7 Å². The zero-order valence-corrected chi connectivity index (χ0v) is 23.2. The molecule has 1 aromatic carbocycles. The van der Waals surface area contributed by atoms with Crippen LogP contribution >= 0.6 is 45.9 Å². The van der Waals surface area contributed by atoms with E-state index in [1.807, 2.05) is 37.3 Å². The van der Waals surface area contributed by atoms with Gasteiger partial charge < -0.3 is 0 Å². The molecular weight excluding hydrogens is 559 g/mol. The van der Waals surface area contributed by atoms with E-state index in [2.05, 4.69) is 4.98 Å². The molecule has 0 N–H and O–H groups in total. The number of fused-ring (bicyclic) bond motifs is 1. The van der Waals surface area contributed by atoms with Crippen molar-refractivity contribution in [1.29, 1.82) is 0 Å². The molecule has 1 saturated heterocycles. The van der Waals surface area contributed by atoms with Crippen molar-refractivity contribution in [2.75, 3.05) is 18.0 Å². The minimum absolute atomic E-state index is 0.0836. The van der Waals surface area contributed by atoms with Gasteiger partial charge in [0.05, 0.1) is 26.8 Å². The van der Waals surface area contributed by atoms with Gasteiger partial charge in [0.15, 0.2) is 5.13 Å². The molecule has 1 amide bonds. The minimum Gasteiger partial charge on any atom is -0.282 e. The first-order valence-electron chi connectivity index (χ1n) is 11.3. The van der Waals surface area contributed by atoms with Gasteiger partial charge in [0.25, 0.3) is 10.0 Å². The number of aromatic nitrogens is 2. The zero-order valence-electron chi connectivity index (χ0n) is 19.2. The number of thiophene rings is 1. The smallest absolute Gasteiger partial charge is 0.252 e. The van der Waals surface area contributed by atoms with Crippen LogP contribution in [0.4, 0.5) is 5.13 Å². The van der Waals surface area contributed by atoms with Gasteiger partial charge in [-0.15, -0.1) is 11.3 Å². The normalized spacial score (nSPS) is 15.4. The van der Waals surface area contributed by atoms with Crippen LogP contribution in [0.1, 0.15) is 24.1 Å². The Morgan fingerprint density at radius 2 is 1.92 bits per heavy atom. The predicted octanol–water partition coefficient (Wildman–Crippen LogP) is 6.00. The molecule has 1 aliphatic heterocycles. The van der Waals surface area contributed by atoms with Gasteiger partial charge in [-0.2, -0.15) is 4.31 Å². The van der Waals surface area contributed by atoms with E-state index in [0.717, 1.165) is 32.8 Å². The van der Waals surface area contributed by atoms with Crippen LogP contribution in [0.5, 0.6) is 0 Å². The molecule has 5 rings (SSSR count). The Labute approximate surface area is 227 Å². The Balaban J connectivity index is 1.39.